The second kappa shape index (κ2) is 10.6. The number of urea groups is 1. The number of nitrogens with one attached hydrogen (secondary N) is 1. The summed E-state index contributed by atoms with van der Waals surface area (Å²) in [4.78, 5) is 64.4. The van der Waals surface area contributed by atoms with E-state index >= 15 is 0 Å². The molecule has 1 fully saturated rings. The van der Waals surface area contributed by atoms with Crippen LogP contribution in [0.5, 0.6) is 0 Å². The number of methoxy groups -OCH3 is 1. The van der Waals surface area contributed by atoms with Crippen molar-refractivity contribution in [3.8, 4) is 11.1 Å². The Hall–Kier alpha value is -3.57. The Morgan fingerprint density at radius 1 is 1.03 bits per heavy atom. The summed E-state index contributed by atoms with van der Waals surface area (Å²) >= 11 is 1.18. The van der Waals surface area contributed by atoms with E-state index in [1.165, 1.54) is 18.4 Å². The molecule has 1 aliphatic heterocycles. The van der Waals surface area contributed by atoms with Gasteiger partial charge in [-0.1, -0.05) is 29.8 Å². The third-order valence-corrected chi connectivity index (χ3v) is 6.13. The average Bonchev–Trinajstić information content (AvgIpc) is 3.21. The number of anilines is 1. The lowest BCUT2D eigenvalue weighted by molar-refractivity contribution is -0.143. The molecule has 5 amide bonds. The summed E-state index contributed by atoms with van der Waals surface area (Å²) in [5, 5.41) is 2.85. The van der Waals surface area contributed by atoms with Gasteiger partial charge in [0, 0.05) is 17.6 Å². The molecule has 10 nitrogen and oxygen atoms in total. The van der Waals surface area contributed by atoms with Gasteiger partial charge in [-0.2, -0.15) is 0 Å². The maximum absolute atomic E-state index is 12.8. The summed E-state index contributed by atoms with van der Waals surface area (Å²) in [5.41, 5.74) is 2.66. The van der Waals surface area contributed by atoms with Gasteiger partial charge in [-0.15, -0.1) is 11.3 Å². The number of esters is 1. The predicted octanol–water partition coefficient (Wildman–Crippen LogP) is 2.58. The zero-order valence-corrected chi connectivity index (χ0v) is 20.1. The molecule has 1 N–H and O–H groups in total. The van der Waals surface area contributed by atoms with Crippen molar-refractivity contribution in [3.05, 3.63) is 40.3 Å². The molecule has 1 aliphatic rings. The number of hydrogen-bond acceptors (Lipinski definition) is 8. The van der Waals surface area contributed by atoms with Crippen LogP contribution in [-0.4, -0.2) is 72.9 Å². The summed E-state index contributed by atoms with van der Waals surface area (Å²) in [7, 11) is 1.40. The first-order chi connectivity index (χ1) is 16.2. The number of thiophene rings is 1. The van der Waals surface area contributed by atoms with Crippen molar-refractivity contribution < 1.29 is 33.4 Å². The fraction of sp³-hybridized carbons (Fsp3) is 0.348. The van der Waals surface area contributed by atoms with Crippen LogP contribution < -0.4 is 5.32 Å². The Balaban J connectivity index is 1.87. The van der Waals surface area contributed by atoms with Crippen LogP contribution in [0.4, 0.5) is 9.80 Å². The molecular formula is C23H25N3O7S. The van der Waals surface area contributed by atoms with Crippen molar-refractivity contribution in [1.82, 2.24) is 9.80 Å². The topological polar surface area (TPSA) is 122 Å². The summed E-state index contributed by atoms with van der Waals surface area (Å²) in [6.07, 6.45) is 0. The van der Waals surface area contributed by atoms with Gasteiger partial charge in [0.15, 0.2) is 0 Å². The molecule has 2 aromatic rings. The zero-order valence-electron chi connectivity index (χ0n) is 19.3. The van der Waals surface area contributed by atoms with E-state index in [1.54, 1.807) is 6.92 Å². The number of carbonyl (C=O) groups is 5. The maximum atomic E-state index is 12.8. The van der Waals surface area contributed by atoms with Crippen molar-refractivity contribution in [2.24, 2.45) is 0 Å². The van der Waals surface area contributed by atoms with E-state index in [-0.39, 0.29) is 30.3 Å². The van der Waals surface area contributed by atoms with Crippen molar-refractivity contribution in [1.29, 1.82) is 0 Å². The Morgan fingerprint density at radius 3 is 2.29 bits per heavy atom. The second-order valence-corrected chi connectivity index (χ2v) is 8.72. The highest BCUT2D eigenvalue weighted by Crippen LogP contribution is 2.40. The number of benzene rings is 1. The molecular weight excluding hydrogens is 462 g/mol. The molecule has 0 saturated carbocycles. The Kier molecular flexibility index (Phi) is 7.79. The van der Waals surface area contributed by atoms with E-state index in [1.807, 2.05) is 38.1 Å². The van der Waals surface area contributed by atoms with Crippen LogP contribution in [0.2, 0.25) is 0 Å². The van der Waals surface area contributed by atoms with E-state index in [4.69, 9.17) is 9.47 Å². The molecule has 1 aromatic carbocycles. The Labute approximate surface area is 200 Å². The Bertz CT molecular complexity index is 1140. The summed E-state index contributed by atoms with van der Waals surface area (Å²) in [5.74, 6) is -3.45. The number of imide groups is 2. The van der Waals surface area contributed by atoms with E-state index < -0.39 is 36.3 Å². The lowest BCUT2D eigenvalue weighted by atomic mass is 10.0. The van der Waals surface area contributed by atoms with Gasteiger partial charge in [-0.25, -0.2) is 14.5 Å². The minimum atomic E-state index is -1.09. The quantitative estimate of drug-likeness (QED) is 0.328. The molecule has 3 rings (SSSR count). The third-order valence-electron chi connectivity index (χ3n) is 5.11. The maximum Gasteiger partial charge on any atom is 0.341 e. The smallest absolute Gasteiger partial charge is 0.341 e. The van der Waals surface area contributed by atoms with Gasteiger partial charge >= 0.3 is 23.8 Å². The molecule has 0 bridgehead atoms. The highest BCUT2D eigenvalue weighted by atomic mass is 32.1. The third kappa shape index (κ3) is 5.00. The average molecular weight is 488 g/mol. The molecule has 11 heteroatoms. The highest BCUT2D eigenvalue weighted by molar-refractivity contribution is 7.17. The number of amides is 5. The number of carbonyl (C=O) groups excluding carboxylic acids is 5. The minimum Gasteiger partial charge on any atom is -0.462 e. The molecule has 34 heavy (non-hydrogen) atoms. The number of hydrogen-bond donors (Lipinski definition) is 1. The van der Waals surface area contributed by atoms with E-state index in [2.05, 4.69) is 5.32 Å². The fourth-order valence-corrected chi connectivity index (χ4v) is 4.56. The van der Waals surface area contributed by atoms with Gasteiger partial charge in [0.2, 0.25) is 5.91 Å². The lowest BCUT2D eigenvalue weighted by Gasteiger charge is -2.15. The first-order valence-corrected chi connectivity index (χ1v) is 11.3. The molecule has 0 spiro atoms. The largest absolute Gasteiger partial charge is 0.462 e. The van der Waals surface area contributed by atoms with E-state index in [9.17, 15) is 24.0 Å². The first kappa shape index (κ1) is 25.1. The highest BCUT2D eigenvalue weighted by Gasteiger charge is 2.45. The van der Waals surface area contributed by atoms with Crippen LogP contribution in [0, 0.1) is 13.8 Å². The van der Waals surface area contributed by atoms with E-state index in [0.717, 1.165) is 20.9 Å². The minimum absolute atomic E-state index is 0.0595. The van der Waals surface area contributed by atoms with Crippen molar-refractivity contribution >= 4 is 46.1 Å². The van der Waals surface area contributed by atoms with Crippen LogP contribution in [0.15, 0.2) is 24.3 Å². The Morgan fingerprint density at radius 2 is 1.68 bits per heavy atom. The SMILES string of the molecule is CCOC(=O)c1c(NC(=O)CN2C(=O)C(=O)N(CCOC)C2=O)sc(C)c1-c1ccc(C)cc1. The molecule has 0 unspecified atom stereocenters. The monoisotopic (exact) mass is 487 g/mol. The van der Waals surface area contributed by atoms with Crippen LogP contribution >= 0.6 is 11.3 Å². The molecule has 0 atom stereocenters. The van der Waals surface area contributed by atoms with Crippen LogP contribution in [-0.2, 0) is 23.9 Å². The van der Waals surface area contributed by atoms with Crippen molar-refractivity contribution in [2.75, 3.05) is 38.7 Å². The van der Waals surface area contributed by atoms with Crippen LogP contribution in [0.1, 0.15) is 27.7 Å². The van der Waals surface area contributed by atoms with Crippen LogP contribution in [0.3, 0.4) is 0 Å². The van der Waals surface area contributed by atoms with Gasteiger partial charge in [0.25, 0.3) is 0 Å². The molecule has 0 aliphatic carbocycles. The van der Waals surface area contributed by atoms with Crippen molar-refractivity contribution in [2.45, 2.75) is 20.8 Å². The number of ether oxygens (including phenoxy) is 2. The van der Waals surface area contributed by atoms with Gasteiger partial charge in [-0.05, 0) is 26.3 Å². The fourth-order valence-electron chi connectivity index (χ4n) is 3.48. The van der Waals surface area contributed by atoms with Gasteiger partial charge in [0.05, 0.1) is 19.8 Å². The molecule has 0 radical (unpaired) electrons. The van der Waals surface area contributed by atoms with Gasteiger partial charge in [-0.3, -0.25) is 19.3 Å². The number of rotatable bonds is 9. The number of nitrogens with zero attached hydrogens (tertiary/aromatic N) is 2. The first-order valence-electron chi connectivity index (χ1n) is 10.5. The second-order valence-electron chi connectivity index (χ2n) is 7.50. The summed E-state index contributed by atoms with van der Waals surface area (Å²) < 4.78 is 10.1. The molecule has 2 heterocycles. The van der Waals surface area contributed by atoms with Gasteiger partial charge in [0.1, 0.15) is 17.1 Å². The summed E-state index contributed by atoms with van der Waals surface area (Å²) in [6.45, 7) is 4.87. The van der Waals surface area contributed by atoms with Gasteiger partial charge < -0.3 is 14.8 Å². The zero-order chi connectivity index (χ0) is 25.0. The normalized spacial score (nSPS) is 13.6. The molecule has 1 aromatic heterocycles. The predicted molar refractivity (Wildman–Crippen MR) is 125 cm³/mol. The van der Waals surface area contributed by atoms with E-state index in [0.29, 0.717) is 10.5 Å². The molecule has 1 saturated heterocycles. The lowest BCUT2D eigenvalue weighted by Crippen LogP contribution is -2.39. The van der Waals surface area contributed by atoms with Crippen LogP contribution in [0.25, 0.3) is 11.1 Å². The standard InChI is InChI=1S/C23H25N3O7S/c1-5-33-22(30)18-17(15-8-6-13(2)7-9-15)14(3)34-19(18)24-16(27)12-26-21(29)20(28)25(23(26)31)10-11-32-4/h6-9H,5,10-12H2,1-4H3,(H,24,27). The summed E-state index contributed by atoms with van der Waals surface area (Å²) in [6, 6.07) is 6.68. The number of aryl methyl sites for hydroxylation is 2. The molecule has 180 valence electrons. The van der Waals surface area contributed by atoms with Crippen molar-refractivity contribution in [3.63, 3.8) is 0 Å².